The van der Waals surface area contributed by atoms with Gasteiger partial charge in [0.25, 0.3) is 5.91 Å². The van der Waals surface area contributed by atoms with Crippen molar-refractivity contribution >= 4 is 11.8 Å². The number of nitrogens with one attached hydrogen (secondary N) is 1. The first-order chi connectivity index (χ1) is 12.1. The lowest BCUT2D eigenvalue weighted by Crippen LogP contribution is -2.51. The summed E-state index contributed by atoms with van der Waals surface area (Å²) in [5, 5.41) is 7.34. The number of likely N-dealkylation sites (tertiary alicyclic amines) is 1. The highest BCUT2D eigenvalue weighted by Gasteiger charge is 2.38. The minimum absolute atomic E-state index is 0.0821. The van der Waals surface area contributed by atoms with E-state index in [-0.39, 0.29) is 23.9 Å². The number of aryl methyl sites for hydroxylation is 1. The molecule has 0 radical (unpaired) electrons. The van der Waals surface area contributed by atoms with Gasteiger partial charge in [-0.1, -0.05) is 0 Å². The number of hydrogen-bond acceptors (Lipinski definition) is 4. The molecule has 2 amide bonds. The SMILES string of the molecule is CN1C(=O)CC[C@@H](NC(=O)c2ccoc2C2CC2)[C@@H]1c1ccnn1C. The van der Waals surface area contributed by atoms with Crippen LogP contribution in [0.5, 0.6) is 0 Å². The van der Waals surface area contributed by atoms with Crippen molar-refractivity contribution in [2.45, 2.75) is 43.7 Å². The van der Waals surface area contributed by atoms with Crippen molar-refractivity contribution in [1.29, 1.82) is 0 Å². The molecule has 1 saturated carbocycles. The van der Waals surface area contributed by atoms with Gasteiger partial charge >= 0.3 is 0 Å². The first-order valence-corrected chi connectivity index (χ1v) is 8.68. The number of rotatable bonds is 4. The molecule has 2 aromatic heterocycles. The highest BCUT2D eigenvalue weighted by Crippen LogP contribution is 2.42. The molecule has 1 saturated heterocycles. The fourth-order valence-electron chi connectivity index (χ4n) is 3.68. The maximum absolute atomic E-state index is 12.8. The summed E-state index contributed by atoms with van der Waals surface area (Å²) < 4.78 is 7.27. The number of piperidine rings is 1. The summed E-state index contributed by atoms with van der Waals surface area (Å²) in [5.41, 5.74) is 1.53. The van der Waals surface area contributed by atoms with Crippen LogP contribution in [0.4, 0.5) is 0 Å². The number of carbonyl (C=O) groups excluding carboxylic acids is 2. The zero-order chi connectivity index (χ0) is 17.6. The molecule has 2 aromatic rings. The van der Waals surface area contributed by atoms with Crippen molar-refractivity contribution in [1.82, 2.24) is 20.0 Å². The van der Waals surface area contributed by atoms with Crippen molar-refractivity contribution in [3.05, 3.63) is 41.6 Å². The number of amides is 2. The van der Waals surface area contributed by atoms with Crippen LogP contribution < -0.4 is 5.32 Å². The zero-order valence-corrected chi connectivity index (χ0v) is 14.4. The molecule has 2 atom stereocenters. The number of hydrogen-bond donors (Lipinski definition) is 1. The van der Waals surface area contributed by atoms with Gasteiger partial charge < -0.3 is 14.6 Å². The van der Waals surface area contributed by atoms with Gasteiger partial charge in [0, 0.05) is 32.6 Å². The molecule has 25 heavy (non-hydrogen) atoms. The minimum atomic E-state index is -0.228. The molecular formula is C18H22N4O3. The van der Waals surface area contributed by atoms with Crippen LogP contribution in [0, 0.1) is 0 Å². The monoisotopic (exact) mass is 342 g/mol. The van der Waals surface area contributed by atoms with E-state index in [0.29, 0.717) is 24.3 Å². The largest absolute Gasteiger partial charge is 0.468 e. The Morgan fingerprint density at radius 2 is 2.08 bits per heavy atom. The third-order valence-electron chi connectivity index (χ3n) is 5.23. The predicted molar refractivity (Wildman–Crippen MR) is 89.9 cm³/mol. The number of nitrogens with zero attached hydrogens (tertiary/aromatic N) is 3. The van der Waals surface area contributed by atoms with E-state index in [0.717, 1.165) is 24.3 Å². The second kappa shape index (κ2) is 6.06. The summed E-state index contributed by atoms with van der Waals surface area (Å²) in [4.78, 5) is 26.7. The molecule has 1 aliphatic heterocycles. The normalized spacial score (nSPS) is 23.8. The molecule has 7 heteroatoms. The van der Waals surface area contributed by atoms with Gasteiger partial charge in [-0.05, 0) is 31.4 Å². The third-order valence-corrected chi connectivity index (χ3v) is 5.23. The molecule has 2 aliphatic rings. The molecule has 7 nitrogen and oxygen atoms in total. The summed E-state index contributed by atoms with van der Waals surface area (Å²) in [6.07, 6.45) is 6.48. The van der Waals surface area contributed by atoms with Gasteiger partial charge in [-0.2, -0.15) is 5.10 Å². The lowest BCUT2D eigenvalue weighted by atomic mass is 9.93. The van der Waals surface area contributed by atoms with E-state index in [1.165, 1.54) is 0 Å². The second-order valence-corrected chi connectivity index (χ2v) is 6.92. The van der Waals surface area contributed by atoms with E-state index in [1.807, 2.05) is 13.1 Å². The van der Waals surface area contributed by atoms with Crippen molar-refractivity contribution in [3.8, 4) is 0 Å². The van der Waals surface area contributed by atoms with Crippen molar-refractivity contribution < 1.29 is 14.0 Å². The zero-order valence-electron chi connectivity index (χ0n) is 14.4. The summed E-state index contributed by atoms with van der Waals surface area (Å²) in [6, 6.07) is 3.24. The average Bonchev–Trinajstić information content (AvgIpc) is 3.16. The van der Waals surface area contributed by atoms with Gasteiger partial charge in [-0.15, -0.1) is 0 Å². The summed E-state index contributed by atoms with van der Waals surface area (Å²) >= 11 is 0. The van der Waals surface area contributed by atoms with E-state index in [2.05, 4.69) is 10.4 Å². The fraction of sp³-hybridized carbons (Fsp3) is 0.500. The van der Waals surface area contributed by atoms with Gasteiger partial charge in [0.15, 0.2) is 0 Å². The van der Waals surface area contributed by atoms with Crippen LogP contribution >= 0.6 is 0 Å². The van der Waals surface area contributed by atoms with Crippen LogP contribution in [0.15, 0.2) is 29.0 Å². The highest BCUT2D eigenvalue weighted by molar-refractivity contribution is 5.95. The van der Waals surface area contributed by atoms with Gasteiger partial charge in [-0.3, -0.25) is 14.3 Å². The fourth-order valence-corrected chi connectivity index (χ4v) is 3.68. The lowest BCUT2D eigenvalue weighted by molar-refractivity contribution is -0.136. The maximum atomic E-state index is 12.8. The standard InChI is InChI=1S/C18H22N4O3/c1-21-15(23)6-5-13(16(21)14-7-9-19-22(14)2)20-18(24)12-8-10-25-17(12)11-3-4-11/h7-11,13,16H,3-6H2,1-2H3,(H,20,24)/t13-,16-/m1/s1. The van der Waals surface area contributed by atoms with E-state index >= 15 is 0 Å². The number of furan rings is 1. The molecule has 132 valence electrons. The Kier molecular flexibility index (Phi) is 3.86. The van der Waals surface area contributed by atoms with Crippen LogP contribution in [0.3, 0.4) is 0 Å². The quantitative estimate of drug-likeness (QED) is 0.921. The Balaban J connectivity index is 1.59. The van der Waals surface area contributed by atoms with Crippen LogP contribution in [-0.2, 0) is 11.8 Å². The molecule has 3 heterocycles. The first-order valence-electron chi connectivity index (χ1n) is 8.68. The Hall–Kier alpha value is -2.57. The molecule has 2 fully saturated rings. The predicted octanol–water partition coefficient (Wildman–Crippen LogP) is 1.98. The smallest absolute Gasteiger partial charge is 0.255 e. The lowest BCUT2D eigenvalue weighted by Gasteiger charge is -2.39. The Bertz CT molecular complexity index is 805. The number of carbonyl (C=O) groups is 2. The van der Waals surface area contributed by atoms with Gasteiger partial charge in [0.1, 0.15) is 5.76 Å². The van der Waals surface area contributed by atoms with E-state index in [9.17, 15) is 9.59 Å². The van der Waals surface area contributed by atoms with Gasteiger partial charge in [-0.25, -0.2) is 0 Å². The van der Waals surface area contributed by atoms with Gasteiger partial charge in [0.2, 0.25) is 5.91 Å². The minimum Gasteiger partial charge on any atom is -0.468 e. The summed E-state index contributed by atoms with van der Waals surface area (Å²) in [5.74, 6) is 1.11. The Morgan fingerprint density at radius 1 is 1.28 bits per heavy atom. The molecule has 0 bridgehead atoms. The van der Waals surface area contributed by atoms with E-state index in [1.54, 1.807) is 35.2 Å². The molecule has 1 N–H and O–H groups in total. The molecule has 0 spiro atoms. The summed E-state index contributed by atoms with van der Waals surface area (Å²) in [6.45, 7) is 0. The molecule has 1 aliphatic carbocycles. The number of aromatic nitrogens is 2. The molecule has 0 aromatic carbocycles. The number of likely N-dealkylation sites (N-methyl/N-ethyl adjacent to an activating group) is 1. The first kappa shape index (κ1) is 15.9. The summed E-state index contributed by atoms with van der Waals surface area (Å²) in [7, 11) is 3.63. The van der Waals surface area contributed by atoms with Crippen molar-refractivity contribution in [2.75, 3.05) is 7.05 Å². The molecule has 4 rings (SSSR count). The maximum Gasteiger partial charge on any atom is 0.255 e. The van der Waals surface area contributed by atoms with Crippen LogP contribution in [0.25, 0.3) is 0 Å². The highest BCUT2D eigenvalue weighted by atomic mass is 16.3. The average molecular weight is 342 g/mol. The van der Waals surface area contributed by atoms with E-state index < -0.39 is 0 Å². The van der Waals surface area contributed by atoms with E-state index in [4.69, 9.17) is 4.42 Å². The van der Waals surface area contributed by atoms with Crippen LogP contribution in [0.1, 0.15) is 59.5 Å². The third kappa shape index (κ3) is 2.83. The topological polar surface area (TPSA) is 80.4 Å². The van der Waals surface area contributed by atoms with Crippen molar-refractivity contribution in [3.63, 3.8) is 0 Å². The second-order valence-electron chi connectivity index (χ2n) is 6.92. The Labute approximate surface area is 146 Å². The molecule has 0 unspecified atom stereocenters. The van der Waals surface area contributed by atoms with Crippen molar-refractivity contribution in [2.24, 2.45) is 7.05 Å². The molecular weight excluding hydrogens is 320 g/mol. The van der Waals surface area contributed by atoms with Crippen LogP contribution in [0.2, 0.25) is 0 Å². The Morgan fingerprint density at radius 3 is 2.76 bits per heavy atom. The van der Waals surface area contributed by atoms with Gasteiger partial charge in [0.05, 0.1) is 29.6 Å². The van der Waals surface area contributed by atoms with Crippen LogP contribution in [-0.4, -0.2) is 39.6 Å².